The van der Waals surface area contributed by atoms with E-state index in [1.807, 2.05) is 6.07 Å². The summed E-state index contributed by atoms with van der Waals surface area (Å²) in [6, 6.07) is 10.5. The number of anilines is 1. The van der Waals surface area contributed by atoms with Crippen LogP contribution in [0.25, 0.3) is 0 Å². The molecule has 0 saturated carbocycles. The minimum Gasteiger partial charge on any atom is -0.380 e. The topological polar surface area (TPSA) is 12.0 Å². The van der Waals surface area contributed by atoms with Crippen molar-refractivity contribution in [2.75, 3.05) is 5.32 Å². The third kappa shape index (κ3) is 2.94. The van der Waals surface area contributed by atoms with Crippen LogP contribution in [0.1, 0.15) is 5.56 Å². The van der Waals surface area contributed by atoms with Crippen molar-refractivity contribution in [1.29, 1.82) is 0 Å². The Labute approximate surface area is 103 Å². The van der Waals surface area contributed by atoms with E-state index in [-0.39, 0.29) is 12.1 Å². The molecular weight excluding hydrogens is 244 g/mol. The van der Waals surface area contributed by atoms with Crippen molar-refractivity contribution in [3.05, 3.63) is 64.7 Å². The summed E-state index contributed by atoms with van der Waals surface area (Å²) in [5.74, 6) is -0.895. The zero-order valence-corrected chi connectivity index (χ0v) is 9.64. The number of benzene rings is 2. The van der Waals surface area contributed by atoms with Gasteiger partial charge in [0.15, 0.2) is 0 Å². The van der Waals surface area contributed by atoms with Crippen molar-refractivity contribution in [1.82, 2.24) is 0 Å². The SMILES string of the molecule is Fc1ccc(F)c(CNc2ccccc2Cl)c1. The van der Waals surface area contributed by atoms with Crippen molar-refractivity contribution in [2.24, 2.45) is 0 Å². The van der Waals surface area contributed by atoms with Gasteiger partial charge in [-0.1, -0.05) is 23.7 Å². The highest BCUT2D eigenvalue weighted by atomic mass is 35.5. The molecule has 0 aliphatic carbocycles. The summed E-state index contributed by atoms with van der Waals surface area (Å²) >= 11 is 5.93. The smallest absolute Gasteiger partial charge is 0.128 e. The van der Waals surface area contributed by atoms with Gasteiger partial charge in [-0.3, -0.25) is 0 Å². The molecule has 0 aliphatic heterocycles. The number of rotatable bonds is 3. The molecule has 2 aromatic rings. The normalized spacial score (nSPS) is 10.3. The second kappa shape index (κ2) is 5.15. The summed E-state index contributed by atoms with van der Waals surface area (Å²) in [6.07, 6.45) is 0. The summed E-state index contributed by atoms with van der Waals surface area (Å²) in [6.45, 7) is 0.188. The molecule has 0 heterocycles. The molecule has 1 nitrogen and oxygen atoms in total. The molecule has 0 aromatic heterocycles. The zero-order valence-electron chi connectivity index (χ0n) is 8.88. The predicted molar refractivity (Wildman–Crippen MR) is 65.1 cm³/mol. The van der Waals surface area contributed by atoms with E-state index in [0.717, 1.165) is 12.1 Å². The lowest BCUT2D eigenvalue weighted by molar-refractivity contribution is 0.587. The van der Waals surface area contributed by atoms with E-state index in [1.54, 1.807) is 18.2 Å². The number of nitrogens with one attached hydrogen (secondary N) is 1. The molecule has 17 heavy (non-hydrogen) atoms. The van der Waals surface area contributed by atoms with Crippen LogP contribution >= 0.6 is 11.6 Å². The minimum absolute atomic E-state index is 0.188. The fraction of sp³-hybridized carbons (Fsp3) is 0.0769. The summed E-state index contributed by atoms with van der Waals surface area (Å²) in [5.41, 5.74) is 0.961. The van der Waals surface area contributed by atoms with Crippen LogP contribution in [0.15, 0.2) is 42.5 Å². The quantitative estimate of drug-likeness (QED) is 0.863. The first-order chi connectivity index (χ1) is 8.16. The third-order valence-corrected chi connectivity index (χ3v) is 2.68. The van der Waals surface area contributed by atoms with Crippen molar-refractivity contribution in [2.45, 2.75) is 6.54 Å². The maximum atomic E-state index is 13.3. The Bertz CT molecular complexity index is 529. The average molecular weight is 254 g/mol. The van der Waals surface area contributed by atoms with Gasteiger partial charge in [-0.2, -0.15) is 0 Å². The van der Waals surface area contributed by atoms with Crippen LogP contribution < -0.4 is 5.32 Å². The number of halogens is 3. The maximum Gasteiger partial charge on any atom is 0.128 e. The Morgan fingerprint density at radius 3 is 2.59 bits per heavy atom. The van der Waals surface area contributed by atoms with Gasteiger partial charge in [0.25, 0.3) is 0 Å². The molecule has 0 saturated heterocycles. The number of hydrogen-bond acceptors (Lipinski definition) is 1. The number of para-hydroxylation sites is 1. The van der Waals surface area contributed by atoms with Gasteiger partial charge in [-0.15, -0.1) is 0 Å². The highest BCUT2D eigenvalue weighted by Crippen LogP contribution is 2.21. The molecule has 0 radical (unpaired) electrons. The number of hydrogen-bond donors (Lipinski definition) is 1. The van der Waals surface area contributed by atoms with Gasteiger partial charge in [-0.25, -0.2) is 8.78 Å². The zero-order chi connectivity index (χ0) is 12.3. The van der Waals surface area contributed by atoms with Crippen molar-refractivity contribution < 1.29 is 8.78 Å². The van der Waals surface area contributed by atoms with E-state index in [1.165, 1.54) is 6.07 Å². The van der Waals surface area contributed by atoms with Gasteiger partial charge < -0.3 is 5.32 Å². The lowest BCUT2D eigenvalue weighted by atomic mass is 10.2. The van der Waals surface area contributed by atoms with Crippen LogP contribution in [-0.4, -0.2) is 0 Å². The highest BCUT2D eigenvalue weighted by Gasteiger charge is 2.04. The van der Waals surface area contributed by atoms with Crippen molar-refractivity contribution >= 4 is 17.3 Å². The van der Waals surface area contributed by atoms with E-state index in [2.05, 4.69) is 5.32 Å². The van der Waals surface area contributed by atoms with E-state index >= 15 is 0 Å². The van der Waals surface area contributed by atoms with Gasteiger partial charge >= 0.3 is 0 Å². The lowest BCUT2D eigenvalue weighted by Crippen LogP contribution is -2.02. The van der Waals surface area contributed by atoms with Crippen LogP contribution in [0.2, 0.25) is 5.02 Å². The summed E-state index contributed by atoms with van der Waals surface area (Å²) in [5, 5.41) is 3.50. The standard InChI is InChI=1S/C13H10ClF2N/c14-11-3-1-2-4-13(11)17-8-9-7-10(15)5-6-12(9)16/h1-7,17H,8H2. The van der Waals surface area contributed by atoms with E-state index in [9.17, 15) is 8.78 Å². The average Bonchev–Trinajstić information content (AvgIpc) is 2.32. The molecule has 0 bridgehead atoms. The molecule has 2 rings (SSSR count). The van der Waals surface area contributed by atoms with E-state index < -0.39 is 11.6 Å². The van der Waals surface area contributed by atoms with Crippen LogP contribution in [0, 0.1) is 11.6 Å². The lowest BCUT2D eigenvalue weighted by Gasteiger charge is -2.08. The summed E-state index contributed by atoms with van der Waals surface area (Å²) in [7, 11) is 0. The second-order valence-electron chi connectivity index (χ2n) is 3.57. The van der Waals surface area contributed by atoms with E-state index in [4.69, 9.17) is 11.6 Å². The molecular formula is C13H10ClF2N. The largest absolute Gasteiger partial charge is 0.380 e. The first-order valence-corrected chi connectivity index (χ1v) is 5.47. The van der Waals surface area contributed by atoms with E-state index in [0.29, 0.717) is 10.7 Å². The Balaban J connectivity index is 2.12. The maximum absolute atomic E-state index is 13.3. The third-order valence-electron chi connectivity index (χ3n) is 2.35. The fourth-order valence-electron chi connectivity index (χ4n) is 1.47. The molecule has 0 atom stereocenters. The molecule has 0 unspecified atom stereocenters. The molecule has 88 valence electrons. The Morgan fingerprint density at radius 2 is 1.82 bits per heavy atom. The van der Waals surface area contributed by atoms with Crippen LogP contribution in [0.4, 0.5) is 14.5 Å². The summed E-state index contributed by atoms with van der Waals surface area (Å²) in [4.78, 5) is 0. The van der Waals surface area contributed by atoms with Gasteiger partial charge in [0.05, 0.1) is 10.7 Å². The van der Waals surface area contributed by atoms with Crippen LogP contribution in [-0.2, 0) is 6.54 Å². The van der Waals surface area contributed by atoms with Gasteiger partial charge in [-0.05, 0) is 30.3 Å². The van der Waals surface area contributed by atoms with Crippen LogP contribution in [0.3, 0.4) is 0 Å². The molecule has 0 aliphatic rings. The minimum atomic E-state index is -0.456. The van der Waals surface area contributed by atoms with Gasteiger partial charge in [0.2, 0.25) is 0 Å². The second-order valence-corrected chi connectivity index (χ2v) is 3.98. The van der Waals surface area contributed by atoms with Crippen molar-refractivity contribution in [3.8, 4) is 0 Å². The predicted octanol–water partition coefficient (Wildman–Crippen LogP) is 4.23. The molecule has 2 aromatic carbocycles. The highest BCUT2D eigenvalue weighted by molar-refractivity contribution is 6.33. The van der Waals surface area contributed by atoms with Gasteiger partial charge in [0, 0.05) is 12.1 Å². The van der Waals surface area contributed by atoms with Crippen LogP contribution in [0.5, 0.6) is 0 Å². The molecule has 4 heteroatoms. The monoisotopic (exact) mass is 253 g/mol. The fourth-order valence-corrected chi connectivity index (χ4v) is 1.68. The Hall–Kier alpha value is -1.61. The molecule has 0 amide bonds. The van der Waals surface area contributed by atoms with Gasteiger partial charge in [0.1, 0.15) is 11.6 Å². The first-order valence-electron chi connectivity index (χ1n) is 5.09. The molecule has 0 spiro atoms. The Kier molecular flexibility index (Phi) is 3.59. The molecule has 0 fully saturated rings. The summed E-state index contributed by atoms with van der Waals surface area (Å²) < 4.78 is 26.3. The van der Waals surface area contributed by atoms with Crippen molar-refractivity contribution in [3.63, 3.8) is 0 Å². The first kappa shape index (κ1) is 11.9. The molecule has 1 N–H and O–H groups in total. The Morgan fingerprint density at radius 1 is 1.06 bits per heavy atom.